The summed E-state index contributed by atoms with van der Waals surface area (Å²) in [5.41, 5.74) is 14.9. The fourth-order valence-electron chi connectivity index (χ4n) is 3.43. The molecule has 0 aliphatic heterocycles. The molecule has 1 unspecified atom stereocenters. The number of hydrogen-bond acceptors (Lipinski definition) is 6. The molecule has 3 aromatic carbocycles. The number of phenolic OH excluding ortho intramolecular Hbond substituents is 1. The molecule has 1 aromatic heterocycles. The lowest BCUT2D eigenvalue weighted by Gasteiger charge is -2.14. The Morgan fingerprint density at radius 3 is 2.47 bits per heavy atom. The molecule has 32 heavy (non-hydrogen) atoms. The topological polar surface area (TPSA) is 127 Å². The SMILES string of the molecule is CCC(N)CNc1nc(-c2cc(-c3ccc(C(N)=O)cc3)ccc2O)nc2ccccc12. The van der Waals surface area contributed by atoms with Crippen LogP contribution in [-0.4, -0.2) is 33.6 Å². The normalized spacial score (nSPS) is 11.9. The largest absolute Gasteiger partial charge is 0.507 e. The van der Waals surface area contributed by atoms with Crippen molar-refractivity contribution in [1.82, 2.24) is 9.97 Å². The highest BCUT2D eigenvalue weighted by Crippen LogP contribution is 2.34. The van der Waals surface area contributed by atoms with Gasteiger partial charge < -0.3 is 21.9 Å². The number of para-hydroxylation sites is 1. The Hall–Kier alpha value is -3.97. The summed E-state index contributed by atoms with van der Waals surface area (Å²) in [6, 6.07) is 20.0. The van der Waals surface area contributed by atoms with Crippen molar-refractivity contribution in [1.29, 1.82) is 0 Å². The Balaban J connectivity index is 1.78. The van der Waals surface area contributed by atoms with Gasteiger partial charge in [-0.25, -0.2) is 9.97 Å². The standard InChI is InChI=1S/C25H25N5O2/c1-2-18(26)14-28-24-19-5-3-4-6-21(19)29-25(30-24)20-13-17(11-12-22(20)31)15-7-9-16(10-8-15)23(27)32/h3-13,18,31H,2,14,26H2,1H3,(H2,27,32)(H,28,29,30). The van der Waals surface area contributed by atoms with Gasteiger partial charge in [-0.05, 0) is 53.9 Å². The number of nitrogens with two attached hydrogens (primary N) is 2. The third-order valence-electron chi connectivity index (χ3n) is 5.40. The summed E-state index contributed by atoms with van der Waals surface area (Å²) in [5, 5.41) is 14.8. The molecule has 0 spiro atoms. The number of aromatic nitrogens is 2. The van der Waals surface area contributed by atoms with Gasteiger partial charge in [-0.3, -0.25) is 4.79 Å². The van der Waals surface area contributed by atoms with Gasteiger partial charge in [0, 0.05) is 23.5 Å². The predicted molar refractivity (Wildman–Crippen MR) is 127 cm³/mol. The molecule has 0 aliphatic rings. The van der Waals surface area contributed by atoms with Crippen molar-refractivity contribution in [2.24, 2.45) is 11.5 Å². The number of benzene rings is 3. The highest BCUT2D eigenvalue weighted by Gasteiger charge is 2.14. The van der Waals surface area contributed by atoms with Crippen LogP contribution in [0.3, 0.4) is 0 Å². The minimum Gasteiger partial charge on any atom is -0.507 e. The van der Waals surface area contributed by atoms with E-state index in [1.54, 1.807) is 24.3 Å². The summed E-state index contributed by atoms with van der Waals surface area (Å²) in [6.07, 6.45) is 0.847. The number of amides is 1. The molecule has 0 saturated heterocycles. The zero-order valence-electron chi connectivity index (χ0n) is 17.7. The fraction of sp³-hybridized carbons (Fsp3) is 0.160. The molecule has 0 saturated carbocycles. The van der Waals surface area contributed by atoms with Crippen LogP contribution in [-0.2, 0) is 0 Å². The minimum absolute atomic E-state index is 0.00674. The molecule has 7 heteroatoms. The summed E-state index contributed by atoms with van der Waals surface area (Å²) in [5.74, 6) is 0.679. The average Bonchev–Trinajstić information content (AvgIpc) is 2.82. The van der Waals surface area contributed by atoms with E-state index in [1.165, 1.54) is 0 Å². The molecule has 0 aliphatic carbocycles. The van der Waals surface area contributed by atoms with Gasteiger partial charge in [0.05, 0.1) is 11.1 Å². The van der Waals surface area contributed by atoms with Gasteiger partial charge in [-0.15, -0.1) is 0 Å². The van der Waals surface area contributed by atoms with Crippen LogP contribution in [0.15, 0.2) is 66.7 Å². The first-order valence-corrected chi connectivity index (χ1v) is 10.5. The van der Waals surface area contributed by atoms with Gasteiger partial charge in [0.1, 0.15) is 11.6 Å². The van der Waals surface area contributed by atoms with Crippen LogP contribution >= 0.6 is 0 Å². The number of carbonyl (C=O) groups is 1. The van der Waals surface area contributed by atoms with Gasteiger partial charge in [0.15, 0.2) is 5.82 Å². The van der Waals surface area contributed by atoms with Crippen LogP contribution in [0.2, 0.25) is 0 Å². The molecule has 6 N–H and O–H groups in total. The Labute approximate surface area is 186 Å². The summed E-state index contributed by atoms with van der Waals surface area (Å²) < 4.78 is 0. The lowest BCUT2D eigenvalue weighted by Crippen LogP contribution is -2.28. The van der Waals surface area contributed by atoms with Crippen molar-refractivity contribution in [2.75, 3.05) is 11.9 Å². The summed E-state index contributed by atoms with van der Waals surface area (Å²) in [7, 11) is 0. The molecule has 1 heterocycles. The summed E-state index contributed by atoms with van der Waals surface area (Å²) in [6.45, 7) is 2.62. The second-order valence-corrected chi connectivity index (χ2v) is 7.64. The zero-order chi connectivity index (χ0) is 22.7. The fourth-order valence-corrected chi connectivity index (χ4v) is 3.43. The van der Waals surface area contributed by atoms with E-state index in [9.17, 15) is 9.90 Å². The van der Waals surface area contributed by atoms with E-state index in [1.807, 2.05) is 49.4 Å². The first kappa shape index (κ1) is 21.3. The maximum atomic E-state index is 11.3. The van der Waals surface area contributed by atoms with Crippen molar-refractivity contribution in [2.45, 2.75) is 19.4 Å². The molecule has 4 rings (SSSR count). The quantitative estimate of drug-likeness (QED) is 0.354. The zero-order valence-corrected chi connectivity index (χ0v) is 17.7. The molecule has 162 valence electrons. The summed E-state index contributed by atoms with van der Waals surface area (Å²) in [4.78, 5) is 20.7. The molecule has 0 radical (unpaired) electrons. The molecular formula is C25H25N5O2. The van der Waals surface area contributed by atoms with E-state index < -0.39 is 5.91 Å². The number of phenols is 1. The van der Waals surface area contributed by atoms with Gasteiger partial charge >= 0.3 is 0 Å². The first-order valence-electron chi connectivity index (χ1n) is 10.5. The van der Waals surface area contributed by atoms with Crippen molar-refractivity contribution in [3.05, 3.63) is 72.3 Å². The number of nitrogens with zero attached hydrogens (tertiary/aromatic N) is 2. The number of carbonyl (C=O) groups excluding carboxylic acids is 1. The summed E-state index contributed by atoms with van der Waals surface area (Å²) >= 11 is 0. The highest BCUT2D eigenvalue weighted by atomic mass is 16.3. The van der Waals surface area contributed by atoms with Crippen LogP contribution in [0.1, 0.15) is 23.7 Å². The number of anilines is 1. The minimum atomic E-state index is -0.477. The number of fused-ring (bicyclic) bond motifs is 1. The first-order chi connectivity index (χ1) is 15.5. The number of primary amides is 1. The molecule has 7 nitrogen and oxygen atoms in total. The van der Waals surface area contributed by atoms with E-state index in [-0.39, 0.29) is 11.8 Å². The Bertz CT molecular complexity index is 1270. The van der Waals surface area contributed by atoms with Gasteiger partial charge in [0.2, 0.25) is 5.91 Å². The Morgan fingerprint density at radius 2 is 1.75 bits per heavy atom. The molecule has 1 amide bonds. The van der Waals surface area contributed by atoms with Crippen LogP contribution in [0.4, 0.5) is 5.82 Å². The van der Waals surface area contributed by atoms with E-state index in [0.29, 0.717) is 29.3 Å². The number of hydrogen-bond donors (Lipinski definition) is 4. The Morgan fingerprint density at radius 1 is 1.03 bits per heavy atom. The number of aromatic hydroxyl groups is 1. The molecule has 4 aromatic rings. The Kier molecular flexibility index (Phi) is 6.00. The lowest BCUT2D eigenvalue weighted by molar-refractivity contribution is 0.100. The van der Waals surface area contributed by atoms with E-state index in [0.717, 1.165) is 28.5 Å². The average molecular weight is 428 g/mol. The lowest BCUT2D eigenvalue weighted by atomic mass is 10.0. The third-order valence-corrected chi connectivity index (χ3v) is 5.40. The monoisotopic (exact) mass is 427 g/mol. The number of nitrogens with one attached hydrogen (secondary N) is 1. The van der Waals surface area contributed by atoms with E-state index in [2.05, 4.69) is 10.3 Å². The van der Waals surface area contributed by atoms with Crippen LogP contribution in [0, 0.1) is 0 Å². The maximum absolute atomic E-state index is 11.3. The second kappa shape index (κ2) is 9.03. The second-order valence-electron chi connectivity index (χ2n) is 7.64. The highest BCUT2D eigenvalue weighted by molar-refractivity contribution is 5.93. The van der Waals surface area contributed by atoms with E-state index in [4.69, 9.17) is 16.5 Å². The van der Waals surface area contributed by atoms with Gasteiger partial charge in [-0.1, -0.05) is 37.3 Å². The van der Waals surface area contributed by atoms with Crippen molar-refractivity contribution in [3.63, 3.8) is 0 Å². The van der Waals surface area contributed by atoms with Crippen LogP contribution in [0.25, 0.3) is 33.4 Å². The van der Waals surface area contributed by atoms with Crippen LogP contribution in [0.5, 0.6) is 5.75 Å². The third kappa shape index (κ3) is 4.38. The van der Waals surface area contributed by atoms with Crippen molar-refractivity contribution >= 4 is 22.6 Å². The van der Waals surface area contributed by atoms with Crippen LogP contribution < -0.4 is 16.8 Å². The molecule has 1 atom stereocenters. The van der Waals surface area contributed by atoms with E-state index >= 15 is 0 Å². The molecule has 0 fully saturated rings. The molecular weight excluding hydrogens is 402 g/mol. The smallest absolute Gasteiger partial charge is 0.248 e. The van der Waals surface area contributed by atoms with Crippen molar-refractivity contribution < 1.29 is 9.90 Å². The van der Waals surface area contributed by atoms with Gasteiger partial charge in [0.25, 0.3) is 0 Å². The number of rotatable bonds is 7. The molecule has 0 bridgehead atoms. The van der Waals surface area contributed by atoms with Gasteiger partial charge in [-0.2, -0.15) is 0 Å². The predicted octanol–water partition coefficient (Wildman–Crippen LogP) is 3.92. The van der Waals surface area contributed by atoms with Crippen molar-refractivity contribution in [3.8, 4) is 28.3 Å². The maximum Gasteiger partial charge on any atom is 0.248 e.